The zero-order valence-electron chi connectivity index (χ0n) is 9.95. The molecule has 1 rings (SSSR count). The van der Waals surface area contributed by atoms with Crippen LogP contribution >= 0.6 is 0 Å². The highest BCUT2D eigenvalue weighted by Crippen LogP contribution is 2.20. The second-order valence-electron chi connectivity index (χ2n) is 3.72. The number of carbonyl (C=O) groups excluding carboxylic acids is 1. The van der Waals surface area contributed by atoms with Crippen molar-refractivity contribution < 1.29 is 9.72 Å². The first-order valence-electron chi connectivity index (χ1n) is 5.04. The Labute approximate surface area is 104 Å². The molecule has 0 aromatic heterocycles. The van der Waals surface area contributed by atoms with Gasteiger partial charge in [-0.15, -0.1) is 0 Å². The van der Waals surface area contributed by atoms with Crippen molar-refractivity contribution in [3.05, 3.63) is 51.7 Å². The van der Waals surface area contributed by atoms with Crippen LogP contribution in [0.25, 0.3) is 0 Å². The summed E-state index contributed by atoms with van der Waals surface area (Å²) in [7, 11) is 3.31. The third-order valence-electron chi connectivity index (χ3n) is 2.10. The van der Waals surface area contributed by atoms with Crippen LogP contribution in [0.3, 0.4) is 0 Å². The standard InChI is InChI=1S/C12H11N3O3/c1-14(2)8-9(7-13)12(16)10-5-3-4-6-11(10)15(17)18/h3-6,8H,1-2H3. The average Bonchev–Trinajstić information content (AvgIpc) is 2.34. The number of allylic oxidation sites excluding steroid dienone is 1. The van der Waals surface area contributed by atoms with Gasteiger partial charge in [0.1, 0.15) is 17.2 Å². The fraction of sp³-hybridized carbons (Fsp3) is 0.167. The molecular weight excluding hydrogens is 234 g/mol. The number of nitro groups is 1. The lowest BCUT2D eigenvalue weighted by Crippen LogP contribution is -2.10. The topological polar surface area (TPSA) is 87.2 Å². The number of nitro benzene ring substituents is 1. The van der Waals surface area contributed by atoms with Gasteiger partial charge in [-0.25, -0.2) is 0 Å². The Hall–Kier alpha value is -2.68. The molecule has 0 aliphatic carbocycles. The van der Waals surface area contributed by atoms with Crippen LogP contribution in [0, 0.1) is 21.4 Å². The van der Waals surface area contributed by atoms with E-state index in [1.165, 1.54) is 35.4 Å². The van der Waals surface area contributed by atoms with Gasteiger partial charge >= 0.3 is 0 Å². The molecule has 0 N–H and O–H groups in total. The Morgan fingerprint density at radius 2 is 2.06 bits per heavy atom. The van der Waals surface area contributed by atoms with Gasteiger partial charge in [0, 0.05) is 26.4 Å². The first kappa shape index (κ1) is 13.4. The number of Topliss-reactive ketones (excluding diaryl/α,β-unsaturated/α-hetero) is 1. The highest BCUT2D eigenvalue weighted by molar-refractivity contribution is 6.13. The van der Waals surface area contributed by atoms with Crippen molar-refractivity contribution in [1.82, 2.24) is 4.90 Å². The maximum absolute atomic E-state index is 12.0. The van der Waals surface area contributed by atoms with Crippen LogP contribution in [0.15, 0.2) is 36.0 Å². The quantitative estimate of drug-likeness (QED) is 0.265. The first-order chi connectivity index (χ1) is 8.47. The monoisotopic (exact) mass is 245 g/mol. The molecule has 0 fully saturated rings. The van der Waals surface area contributed by atoms with Gasteiger partial charge < -0.3 is 4.90 Å². The molecule has 0 bridgehead atoms. The van der Waals surface area contributed by atoms with E-state index in [1.807, 2.05) is 0 Å². The summed E-state index contributed by atoms with van der Waals surface area (Å²) in [6.07, 6.45) is 1.33. The number of ketones is 1. The summed E-state index contributed by atoms with van der Waals surface area (Å²) in [5.74, 6) is -0.654. The van der Waals surface area contributed by atoms with Gasteiger partial charge in [0.05, 0.1) is 4.92 Å². The second-order valence-corrected chi connectivity index (χ2v) is 3.72. The lowest BCUT2D eigenvalue weighted by molar-refractivity contribution is -0.385. The molecule has 18 heavy (non-hydrogen) atoms. The van der Waals surface area contributed by atoms with Gasteiger partial charge in [-0.1, -0.05) is 12.1 Å². The molecule has 0 saturated carbocycles. The molecule has 0 radical (unpaired) electrons. The normalized spacial score (nSPS) is 10.6. The molecule has 0 heterocycles. The van der Waals surface area contributed by atoms with E-state index in [0.717, 1.165) is 0 Å². The summed E-state index contributed by atoms with van der Waals surface area (Å²) < 4.78 is 0. The molecule has 92 valence electrons. The van der Waals surface area contributed by atoms with E-state index >= 15 is 0 Å². The zero-order chi connectivity index (χ0) is 13.7. The highest BCUT2D eigenvalue weighted by Gasteiger charge is 2.22. The fourth-order valence-electron chi connectivity index (χ4n) is 1.37. The van der Waals surface area contributed by atoms with Gasteiger partial charge in [-0.3, -0.25) is 14.9 Å². The van der Waals surface area contributed by atoms with Crippen LogP contribution in [0.5, 0.6) is 0 Å². The summed E-state index contributed by atoms with van der Waals surface area (Å²) in [6, 6.07) is 7.30. The molecule has 0 saturated heterocycles. The van der Waals surface area contributed by atoms with Gasteiger partial charge in [0.25, 0.3) is 5.69 Å². The number of nitriles is 1. The predicted molar refractivity (Wildman–Crippen MR) is 64.8 cm³/mol. The van der Waals surface area contributed by atoms with Crippen molar-refractivity contribution in [2.24, 2.45) is 0 Å². The van der Waals surface area contributed by atoms with E-state index in [4.69, 9.17) is 5.26 Å². The van der Waals surface area contributed by atoms with Crippen molar-refractivity contribution in [3.63, 3.8) is 0 Å². The Kier molecular flexibility index (Phi) is 4.16. The van der Waals surface area contributed by atoms with Crippen LogP contribution < -0.4 is 0 Å². The van der Waals surface area contributed by atoms with Gasteiger partial charge in [-0.05, 0) is 6.07 Å². The first-order valence-corrected chi connectivity index (χ1v) is 5.04. The molecule has 1 aromatic rings. The van der Waals surface area contributed by atoms with Crippen LogP contribution in [0.1, 0.15) is 10.4 Å². The maximum Gasteiger partial charge on any atom is 0.280 e. The SMILES string of the molecule is CN(C)C=C(C#N)C(=O)c1ccccc1[N+](=O)[O-]. The van der Waals surface area contributed by atoms with Crippen molar-refractivity contribution in [1.29, 1.82) is 5.26 Å². The lowest BCUT2D eigenvalue weighted by Gasteiger charge is -2.06. The van der Waals surface area contributed by atoms with E-state index in [1.54, 1.807) is 20.2 Å². The molecule has 1 aromatic carbocycles. The molecule has 0 aliphatic heterocycles. The number of benzene rings is 1. The third kappa shape index (κ3) is 2.92. The number of rotatable bonds is 4. The molecule has 0 unspecified atom stereocenters. The van der Waals surface area contributed by atoms with E-state index in [0.29, 0.717) is 0 Å². The number of carbonyl (C=O) groups is 1. The summed E-state index contributed by atoms with van der Waals surface area (Å²) in [5.41, 5.74) is -0.533. The number of hydrogen-bond acceptors (Lipinski definition) is 5. The average molecular weight is 245 g/mol. The Morgan fingerprint density at radius 1 is 1.44 bits per heavy atom. The van der Waals surface area contributed by atoms with Gasteiger partial charge in [0.2, 0.25) is 5.78 Å². The smallest absolute Gasteiger partial charge is 0.280 e. The minimum Gasteiger partial charge on any atom is -0.382 e. The number of hydrogen-bond donors (Lipinski definition) is 0. The van der Waals surface area contributed by atoms with Crippen LogP contribution in [-0.2, 0) is 0 Å². The van der Waals surface area contributed by atoms with E-state index in [2.05, 4.69) is 0 Å². The molecular formula is C12H11N3O3. The van der Waals surface area contributed by atoms with Crippen molar-refractivity contribution in [2.45, 2.75) is 0 Å². The van der Waals surface area contributed by atoms with E-state index in [-0.39, 0.29) is 16.8 Å². The molecule has 0 aliphatic rings. The molecule has 6 nitrogen and oxygen atoms in total. The molecule has 0 amide bonds. The molecule has 6 heteroatoms. The lowest BCUT2D eigenvalue weighted by atomic mass is 10.0. The fourth-order valence-corrected chi connectivity index (χ4v) is 1.37. The summed E-state index contributed by atoms with van der Waals surface area (Å²) in [5, 5.41) is 19.7. The van der Waals surface area contributed by atoms with E-state index in [9.17, 15) is 14.9 Å². The largest absolute Gasteiger partial charge is 0.382 e. The van der Waals surface area contributed by atoms with Crippen molar-refractivity contribution in [3.8, 4) is 6.07 Å². The maximum atomic E-state index is 12.0. The summed E-state index contributed by atoms with van der Waals surface area (Å²) in [6.45, 7) is 0. The molecule has 0 spiro atoms. The second kappa shape index (κ2) is 5.59. The molecule has 0 atom stereocenters. The van der Waals surface area contributed by atoms with Gasteiger partial charge in [0.15, 0.2) is 0 Å². The Balaban J connectivity index is 3.27. The van der Waals surface area contributed by atoms with Crippen molar-refractivity contribution >= 4 is 11.5 Å². The predicted octanol–water partition coefficient (Wildman–Crippen LogP) is 1.75. The van der Waals surface area contributed by atoms with E-state index < -0.39 is 10.7 Å². The minimum atomic E-state index is -0.654. The Bertz CT molecular complexity index is 556. The third-order valence-corrected chi connectivity index (χ3v) is 2.10. The van der Waals surface area contributed by atoms with Gasteiger partial charge in [-0.2, -0.15) is 5.26 Å². The van der Waals surface area contributed by atoms with Crippen LogP contribution in [0.4, 0.5) is 5.69 Å². The Morgan fingerprint density at radius 3 is 2.56 bits per heavy atom. The summed E-state index contributed by atoms with van der Waals surface area (Å²) in [4.78, 5) is 23.7. The zero-order valence-corrected chi connectivity index (χ0v) is 9.95. The summed E-state index contributed by atoms with van der Waals surface area (Å²) >= 11 is 0. The number of para-hydroxylation sites is 1. The van der Waals surface area contributed by atoms with Crippen LogP contribution in [0.2, 0.25) is 0 Å². The highest BCUT2D eigenvalue weighted by atomic mass is 16.6. The van der Waals surface area contributed by atoms with Crippen LogP contribution in [-0.4, -0.2) is 29.7 Å². The van der Waals surface area contributed by atoms with Crippen molar-refractivity contribution in [2.75, 3.05) is 14.1 Å². The number of nitrogens with zero attached hydrogens (tertiary/aromatic N) is 3. The minimum absolute atomic E-state index is 0.0860.